The Balaban J connectivity index is 1.55. The Morgan fingerprint density at radius 2 is 1.95 bits per heavy atom. The summed E-state index contributed by atoms with van der Waals surface area (Å²) >= 11 is 7.64. The van der Waals surface area contributed by atoms with E-state index in [9.17, 15) is 5.11 Å². The molecule has 1 atom stereocenters. The molecule has 0 aliphatic rings. The summed E-state index contributed by atoms with van der Waals surface area (Å²) in [6, 6.07) is 15.6. The summed E-state index contributed by atoms with van der Waals surface area (Å²) in [5.74, 6) is 0.584. The normalized spacial score (nSPS) is 12.5. The first-order chi connectivity index (χ1) is 10.7. The third-order valence-corrected chi connectivity index (χ3v) is 4.69. The van der Waals surface area contributed by atoms with Crippen molar-refractivity contribution < 1.29 is 9.52 Å². The third-order valence-electron chi connectivity index (χ3n) is 3.30. The van der Waals surface area contributed by atoms with E-state index in [-0.39, 0.29) is 0 Å². The zero-order valence-electron chi connectivity index (χ0n) is 11.8. The Morgan fingerprint density at radius 1 is 1.14 bits per heavy atom. The van der Waals surface area contributed by atoms with Gasteiger partial charge in [0.2, 0.25) is 0 Å². The molecule has 3 aromatic rings. The van der Waals surface area contributed by atoms with E-state index in [2.05, 4.69) is 17.4 Å². The van der Waals surface area contributed by atoms with Gasteiger partial charge in [0.05, 0.1) is 6.26 Å². The fourth-order valence-electron chi connectivity index (χ4n) is 2.16. The molecular weight excluding hydrogens is 318 g/mol. The van der Waals surface area contributed by atoms with Crippen LogP contribution in [0.1, 0.15) is 16.7 Å². The molecule has 5 heteroatoms. The molecule has 0 spiro atoms. The van der Waals surface area contributed by atoms with Crippen molar-refractivity contribution in [1.82, 2.24) is 5.32 Å². The molecule has 0 saturated heterocycles. The maximum Gasteiger partial charge on any atom is 0.133 e. The van der Waals surface area contributed by atoms with Crippen LogP contribution in [0.3, 0.4) is 0 Å². The van der Waals surface area contributed by atoms with E-state index >= 15 is 0 Å². The van der Waals surface area contributed by atoms with Gasteiger partial charge in [0.1, 0.15) is 11.9 Å². The average Bonchev–Trinajstić information content (AvgIpc) is 3.19. The molecule has 0 aliphatic carbocycles. The van der Waals surface area contributed by atoms with Gasteiger partial charge in [0.15, 0.2) is 0 Å². The Labute approximate surface area is 138 Å². The highest BCUT2D eigenvalue weighted by Gasteiger charge is 2.10. The van der Waals surface area contributed by atoms with Crippen molar-refractivity contribution in [1.29, 1.82) is 0 Å². The first-order valence-electron chi connectivity index (χ1n) is 6.99. The van der Waals surface area contributed by atoms with Crippen molar-refractivity contribution in [2.75, 3.05) is 6.54 Å². The van der Waals surface area contributed by atoms with Gasteiger partial charge in [-0.2, -0.15) is 0 Å². The number of halogens is 1. The van der Waals surface area contributed by atoms with Crippen LogP contribution in [-0.4, -0.2) is 11.7 Å². The summed E-state index contributed by atoms with van der Waals surface area (Å²) in [5, 5.41) is 13.9. The number of hydrogen-bond acceptors (Lipinski definition) is 4. The fraction of sp³-hybridized carbons (Fsp3) is 0.176. The lowest BCUT2D eigenvalue weighted by molar-refractivity contribution is 0.147. The minimum Gasteiger partial charge on any atom is -0.467 e. The van der Waals surface area contributed by atoms with Gasteiger partial charge in [0.25, 0.3) is 0 Å². The van der Waals surface area contributed by atoms with Crippen LogP contribution in [0.25, 0.3) is 10.4 Å². The zero-order chi connectivity index (χ0) is 15.4. The number of benzene rings is 1. The molecule has 3 nitrogen and oxygen atoms in total. The van der Waals surface area contributed by atoms with Gasteiger partial charge in [-0.25, -0.2) is 0 Å². The molecule has 2 heterocycles. The number of hydrogen-bond donors (Lipinski definition) is 2. The minimum atomic E-state index is -0.620. The Kier molecular flexibility index (Phi) is 4.95. The number of rotatable bonds is 6. The number of aliphatic hydroxyl groups excluding tert-OH is 1. The highest BCUT2D eigenvalue weighted by molar-refractivity contribution is 7.15. The molecule has 22 heavy (non-hydrogen) atoms. The van der Waals surface area contributed by atoms with Gasteiger partial charge >= 0.3 is 0 Å². The van der Waals surface area contributed by atoms with Crippen LogP contribution >= 0.6 is 22.9 Å². The molecule has 0 radical (unpaired) electrons. The topological polar surface area (TPSA) is 45.4 Å². The van der Waals surface area contributed by atoms with E-state index in [1.165, 1.54) is 9.75 Å². The summed E-state index contributed by atoms with van der Waals surface area (Å²) in [5.41, 5.74) is 1.16. The fourth-order valence-corrected chi connectivity index (χ4v) is 3.26. The third kappa shape index (κ3) is 3.78. The van der Waals surface area contributed by atoms with E-state index in [0.29, 0.717) is 12.3 Å². The van der Waals surface area contributed by atoms with Crippen molar-refractivity contribution in [3.8, 4) is 10.4 Å². The van der Waals surface area contributed by atoms with Crippen LogP contribution < -0.4 is 5.32 Å². The van der Waals surface area contributed by atoms with Crippen LogP contribution in [0.2, 0.25) is 5.02 Å². The smallest absolute Gasteiger partial charge is 0.133 e. The number of thiophene rings is 1. The Hall–Kier alpha value is -1.59. The zero-order valence-corrected chi connectivity index (χ0v) is 13.4. The number of furan rings is 1. The van der Waals surface area contributed by atoms with Gasteiger partial charge < -0.3 is 14.8 Å². The first kappa shape index (κ1) is 15.3. The molecule has 0 bridgehead atoms. The monoisotopic (exact) mass is 333 g/mol. The largest absolute Gasteiger partial charge is 0.467 e. The summed E-state index contributed by atoms with van der Waals surface area (Å²) < 4.78 is 5.17. The molecule has 1 aromatic carbocycles. The van der Waals surface area contributed by atoms with E-state index in [4.69, 9.17) is 16.0 Å². The summed E-state index contributed by atoms with van der Waals surface area (Å²) in [7, 11) is 0. The van der Waals surface area contributed by atoms with Crippen molar-refractivity contribution in [2.24, 2.45) is 0 Å². The van der Waals surface area contributed by atoms with E-state index in [1.54, 1.807) is 29.7 Å². The molecule has 3 rings (SSSR count). The second kappa shape index (κ2) is 7.11. The van der Waals surface area contributed by atoms with Crippen LogP contribution in [0.5, 0.6) is 0 Å². The average molecular weight is 334 g/mol. The van der Waals surface area contributed by atoms with E-state index in [0.717, 1.165) is 17.1 Å². The van der Waals surface area contributed by atoms with Gasteiger partial charge in [-0.3, -0.25) is 0 Å². The van der Waals surface area contributed by atoms with Crippen molar-refractivity contribution in [2.45, 2.75) is 12.6 Å². The van der Waals surface area contributed by atoms with Crippen molar-refractivity contribution in [3.63, 3.8) is 0 Å². The molecular formula is C17H16ClNO2S. The number of aliphatic hydroxyl groups is 1. The Morgan fingerprint density at radius 3 is 2.68 bits per heavy atom. The highest BCUT2D eigenvalue weighted by atomic mass is 35.5. The molecule has 2 N–H and O–H groups in total. The lowest BCUT2D eigenvalue weighted by Crippen LogP contribution is -2.20. The van der Waals surface area contributed by atoms with Crippen LogP contribution in [-0.2, 0) is 6.54 Å². The second-order valence-electron chi connectivity index (χ2n) is 4.93. The molecule has 114 valence electrons. The quantitative estimate of drug-likeness (QED) is 0.699. The first-order valence-corrected chi connectivity index (χ1v) is 8.18. The van der Waals surface area contributed by atoms with Gasteiger partial charge in [0, 0.05) is 27.9 Å². The van der Waals surface area contributed by atoms with E-state index in [1.807, 2.05) is 24.3 Å². The van der Waals surface area contributed by atoms with Crippen LogP contribution in [0.15, 0.2) is 59.2 Å². The summed E-state index contributed by atoms with van der Waals surface area (Å²) in [4.78, 5) is 2.43. The summed E-state index contributed by atoms with van der Waals surface area (Å²) in [6.07, 6.45) is 0.946. The van der Waals surface area contributed by atoms with Crippen LogP contribution in [0.4, 0.5) is 0 Å². The predicted octanol–water partition coefficient (Wildman–Crippen LogP) is 4.48. The second-order valence-corrected chi connectivity index (χ2v) is 6.54. The molecule has 1 unspecified atom stereocenters. The molecule has 0 aliphatic heterocycles. The number of nitrogens with one attached hydrogen (secondary N) is 1. The highest BCUT2D eigenvalue weighted by Crippen LogP contribution is 2.29. The predicted molar refractivity (Wildman–Crippen MR) is 90.1 cm³/mol. The van der Waals surface area contributed by atoms with E-state index < -0.39 is 6.10 Å². The maximum absolute atomic E-state index is 9.93. The van der Waals surface area contributed by atoms with Crippen molar-refractivity contribution in [3.05, 3.63) is 70.5 Å². The lowest BCUT2D eigenvalue weighted by atomic mass is 10.2. The van der Waals surface area contributed by atoms with Gasteiger partial charge in [-0.15, -0.1) is 11.3 Å². The maximum atomic E-state index is 9.93. The SMILES string of the molecule is OC(CNCc1ccc(-c2ccc(Cl)cc2)s1)c1ccco1. The van der Waals surface area contributed by atoms with Gasteiger partial charge in [-0.1, -0.05) is 23.7 Å². The van der Waals surface area contributed by atoms with Gasteiger partial charge in [-0.05, 0) is 42.0 Å². The molecule has 0 saturated carbocycles. The Bertz CT molecular complexity index is 707. The lowest BCUT2D eigenvalue weighted by Gasteiger charge is -2.08. The van der Waals surface area contributed by atoms with Crippen LogP contribution in [0, 0.1) is 0 Å². The van der Waals surface area contributed by atoms with Crippen molar-refractivity contribution >= 4 is 22.9 Å². The molecule has 0 amide bonds. The minimum absolute atomic E-state index is 0.460. The standard InChI is InChI=1S/C17H16ClNO2S/c18-13-5-3-12(4-6-13)17-8-7-14(22-17)10-19-11-15(20)16-2-1-9-21-16/h1-9,15,19-20H,10-11H2. The molecule has 2 aromatic heterocycles. The molecule has 0 fully saturated rings. The summed E-state index contributed by atoms with van der Waals surface area (Å²) in [6.45, 7) is 1.18.